The Morgan fingerprint density at radius 2 is 1.86 bits per heavy atom. The van der Waals surface area contributed by atoms with Crippen LogP contribution in [-0.2, 0) is 17.5 Å². The second kappa shape index (κ2) is 9.98. The van der Waals surface area contributed by atoms with E-state index in [4.69, 9.17) is 9.47 Å². The number of ether oxygens (including phenoxy) is 2. The van der Waals surface area contributed by atoms with Crippen LogP contribution < -0.4 is 15.4 Å². The smallest absolute Gasteiger partial charge is 0.416 e. The predicted octanol–water partition coefficient (Wildman–Crippen LogP) is 4.29. The van der Waals surface area contributed by atoms with Crippen LogP contribution in [0.25, 0.3) is 0 Å². The van der Waals surface area contributed by atoms with Crippen molar-refractivity contribution in [2.24, 2.45) is 0 Å². The average Bonchev–Trinajstić information content (AvgIpc) is 2.68. The van der Waals surface area contributed by atoms with Crippen molar-refractivity contribution in [3.8, 4) is 5.75 Å². The van der Waals surface area contributed by atoms with Crippen LogP contribution in [-0.4, -0.2) is 26.4 Å². The topological polar surface area (TPSA) is 59.6 Å². The van der Waals surface area contributed by atoms with Gasteiger partial charge in [0.2, 0.25) is 0 Å². The molecule has 0 radical (unpaired) electrons. The van der Waals surface area contributed by atoms with E-state index >= 15 is 0 Å². The Hall–Kier alpha value is -2.74. The summed E-state index contributed by atoms with van der Waals surface area (Å²) in [5.41, 5.74) is 0.603. The van der Waals surface area contributed by atoms with Crippen LogP contribution in [0.1, 0.15) is 29.7 Å². The highest BCUT2D eigenvalue weighted by atomic mass is 19.4. The molecule has 0 saturated carbocycles. The summed E-state index contributed by atoms with van der Waals surface area (Å²) in [6.07, 6.45) is -5.06. The summed E-state index contributed by atoms with van der Waals surface area (Å²) < 4.78 is 49.1. The monoisotopic (exact) mass is 396 g/mol. The summed E-state index contributed by atoms with van der Waals surface area (Å²) in [6, 6.07) is 11.8. The lowest BCUT2D eigenvalue weighted by molar-refractivity contribution is -0.137. The molecule has 1 amide bonds. The molecular weight excluding hydrogens is 373 g/mol. The summed E-state index contributed by atoms with van der Waals surface area (Å²) in [7, 11) is 1.57. The molecule has 0 heterocycles. The van der Waals surface area contributed by atoms with Gasteiger partial charge < -0.3 is 20.1 Å². The van der Waals surface area contributed by atoms with Gasteiger partial charge in [0.15, 0.2) is 0 Å². The molecule has 2 aromatic rings. The van der Waals surface area contributed by atoms with Crippen molar-refractivity contribution < 1.29 is 27.4 Å². The number of carbonyl (C=O) groups excluding carboxylic acids is 1. The molecule has 0 aliphatic rings. The van der Waals surface area contributed by atoms with E-state index < -0.39 is 23.9 Å². The first-order valence-electron chi connectivity index (χ1n) is 8.77. The highest BCUT2D eigenvalue weighted by molar-refractivity contribution is 5.67. The van der Waals surface area contributed by atoms with Crippen molar-refractivity contribution >= 4 is 6.09 Å². The molecule has 0 aliphatic carbocycles. The molecule has 5 nitrogen and oxygen atoms in total. The van der Waals surface area contributed by atoms with E-state index in [2.05, 4.69) is 10.6 Å². The molecule has 0 saturated heterocycles. The zero-order valence-electron chi connectivity index (χ0n) is 15.7. The first-order valence-corrected chi connectivity index (χ1v) is 8.77. The van der Waals surface area contributed by atoms with Gasteiger partial charge in [0.05, 0.1) is 25.3 Å². The van der Waals surface area contributed by atoms with E-state index in [1.54, 1.807) is 32.2 Å². The Bertz CT molecular complexity index is 764. The third-order valence-electron chi connectivity index (χ3n) is 4.05. The van der Waals surface area contributed by atoms with E-state index in [1.165, 1.54) is 6.07 Å². The lowest BCUT2D eigenvalue weighted by Crippen LogP contribution is -2.35. The second-order valence-electron chi connectivity index (χ2n) is 6.01. The van der Waals surface area contributed by atoms with Gasteiger partial charge in [0.1, 0.15) is 5.75 Å². The SMILES string of the molecule is CCOC(=O)NC[C@H](NCc1ccc(OC)cc1)c1cccc(C(F)(F)F)c1. The summed E-state index contributed by atoms with van der Waals surface area (Å²) >= 11 is 0. The van der Waals surface area contributed by atoms with Crippen molar-refractivity contribution in [2.45, 2.75) is 25.7 Å². The molecule has 0 aromatic heterocycles. The minimum atomic E-state index is -4.44. The summed E-state index contributed by atoms with van der Waals surface area (Å²) in [5, 5.41) is 5.76. The van der Waals surface area contributed by atoms with Crippen molar-refractivity contribution in [2.75, 3.05) is 20.3 Å². The summed E-state index contributed by atoms with van der Waals surface area (Å²) in [6.45, 7) is 2.36. The predicted molar refractivity (Wildman–Crippen MR) is 99.0 cm³/mol. The van der Waals surface area contributed by atoms with Crippen LogP contribution in [0, 0.1) is 0 Å². The Kier molecular flexibility index (Phi) is 7.69. The Morgan fingerprint density at radius 1 is 1.14 bits per heavy atom. The van der Waals surface area contributed by atoms with Crippen LogP contribution in [0.2, 0.25) is 0 Å². The fourth-order valence-electron chi connectivity index (χ4n) is 2.59. The molecule has 0 aliphatic heterocycles. The highest BCUT2D eigenvalue weighted by Gasteiger charge is 2.31. The summed E-state index contributed by atoms with van der Waals surface area (Å²) in [5.74, 6) is 0.710. The molecule has 2 N–H and O–H groups in total. The van der Waals surface area contributed by atoms with E-state index in [0.29, 0.717) is 17.9 Å². The maximum absolute atomic E-state index is 13.0. The van der Waals surface area contributed by atoms with Gasteiger partial charge >= 0.3 is 12.3 Å². The number of hydrogen-bond acceptors (Lipinski definition) is 4. The number of nitrogens with one attached hydrogen (secondary N) is 2. The van der Waals surface area contributed by atoms with Crippen molar-refractivity contribution in [1.82, 2.24) is 10.6 Å². The van der Waals surface area contributed by atoms with E-state index in [0.717, 1.165) is 17.7 Å². The van der Waals surface area contributed by atoms with Crippen molar-refractivity contribution in [3.63, 3.8) is 0 Å². The Labute approximate surface area is 161 Å². The third kappa shape index (κ3) is 6.45. The number of amides is 1. The molecule has 2 rings (SSSR count). The lowest BCUT2D eigenvalue weighted by atomic mass is 10.0. The van der Waals surface area contributed by atoms with Gasteiger partial charge in [0.25, 0.3) is 0 Å². The molecule has 8 heteroatoms. The maximum atomic E-state index is 13.0. The molecule has 2 aromatic carbocycles. The van der Waals surface area contributed by atoms with Gasteiger partial charge in [-0.05, 0) is 42.3 Å². The van der Waals surface area contributed by atoms with E-state index in [9.17, 15) is 18.0 Å². The summed E-state index contributed by atoms with van der Waals surface area (Å²) in [4.78, 5) is 11.6. The zero-order valence-corrected chi connectivity index (χ0v) is 15.7. The van der Waals surface area contributed by atoms with Gasteiger partial charge in [-0.15, -0.1) is 0 Å². The minimum absolute atomic E-state index is 0.0797. The Morgan fingerprint density at radius 3 is 2.46 bits per heavy atom. The van der Waals surface area contributed by atoms with Gasteiger partial charge in [-0.25, -0.2) is 4.79 Å². The number of halogens is 3. The van der Waals surface area contributed by atoms with Crippen LogP contribution in [0.4, 0.5) is 18.0 Å². The zero-order chi connectivity index (χ0) is 20.6. The van der Waals surface area contributed by atoms with E-state index in [-0.39, 0.29) is 13.2 Å². The van der Waals surface area contributed by atoms with Crippen LogP contribution >= 0.6 is 0 Å². The fourth-order valence-corrected chi connectivity index (χ4v) is 2.59. The molecule has 152 valence electrons. The van der Waals surface area contributed by atoms with Crippen molar-refractivity contribution in [3.05, 3.63) is 65.2 Å². The van der Waals surface area contributed by atoms with E-state index in [1.807, 2.05) is 12.1 Å². The van der Waals surface area contributed by atoms with Crippen LogP contribution in [0.3, 0.4) is 0 Å². The molecule has 0 fully saturated rings. The lowest BCUT2D eigenvalue weighted by Gasteiger charge is -2.21. The fraction of sp³-hybridized carbons (Fsp3) is 0.350. The number of carbonyl (C=O) groups is 1. The molecular formula is C20H23F3N2O3. The molecule has 1 atom stereocenters. The van der Waals surface area contributed by atoms with Crippen LogP contribution in [0.5, 0.6) is 5.75 Å². The number of benzene rings is 2. The highest BCUT2D eigenvalue weighted by Crippen LogP contribution is 2.30. The first kappa shape index (κ1) is 21.6. The molecule has 0 bridgehead atoms. The number of alkyl halides is 3. The second-order valence-corrected chi connectivity index (χ2v) is 6.01. The number of alkyl carbamates (subject to hydrolysis) is 1. The van der Waals surface area contributed by atoms with Crippen LogP contribution in [0.15, 0.2) is 48.5 Å². The number of rotatable bonds is 8. The van der Waals surface area contributed by atoms with Gasteiger partial charge in [-0.1, -0.05) is 24.3 Å². The van der Waals surface area contributed by atoms with Gasteiger partial charge in [-0.3, -0.25) is 0 Å². The quantitative estimate of drug-likeness (QED) is 0.699. The molecule has 0 unspecified atom stereocenters. The normalized spacial score (nSPS) is 12.3. The third-order valence-corrected chi connectivity index (χ3v) is 4.05. The standard InChI is InChI=1S/C20H23F3N2O3/c1-3-28-19(26)25-13-18(15-5-4-6-16(11-15)20(21,22)23)24-12-14-7-9-17(27-2)10-8-14/h4-11,18,24H,3,12-13H2,1-2H3,(H,25,26)/t18-/m0/s1. The van der Waals surface area contributed by atoms with Crippen molar-refractivity contribution in [1.29, 1.82) is 0 Å². The number of hydrogen-bond donors (Lipinski definition) is 2. The largest absolute Gasteiger partial charge is 0.497 e. The Balaban J connectivity index is 2.15. The van der Waals surface area contributed by atoms with Gasteiger partial charge in [0, 0.05) is 13.1 Å². The minimum Gasteiger partial charge on any atom is -0.497 e. The molecule has 0 spiro atoms. The number of methoxy groups -OCH3 is 1. The maximum Gasteiger partial charge on any atom is 0.416 e. The molecule has 28 heavy (non-hydrogen) atoms. The average molecular weight is 396 g/mol. The van der Waals surface area contributed by atoms with Gasteiger partial charge in [-0.2, -0.15) is 13.2 Å². The first-order chi connectivity index (χ1) is 13.3.